The maximum absolute atomic E-state index is 14.3. The molecule has 1 fully saturated rings. The van der Waals surface area contributed by atoms with E-state index < -0.39 is 11.7 Å². The third-order valence-corrected chi connectivity index (χ3v) is 8.54. The summed E-state index contributed by atoms with van der Waals surface area (Å²) in [6, 6.07) is 20.2. The fraction of sp³-hybridized carbons (Fsp3) is 0.361. The second-order valence-electron chi connectivity index (χ2n) is 12.4. The van der Waals surface area contributed by atoms with Gasteiger partial charge in [-0.2, -0.15) is 0 Å². The number of aryl methyl sites for hydroxylation is 1. The third kappa shape index (κ3) is 6.86. The van der Waals surface area contributed by atoms with Crippen molar-refractivity contribution in [3.05, 3.63) is 99.7 Å². The van der Waals surface area contributed by atoms with Crippen molar-refractivity contribution in [1.82, 2.24) is 14.4 Å². The Morgan fingerprint density at radius 2 is 1.64 bits per heavy atom. The van der Waals surface area contributed by atoms with Gasteiger partial charge in [-0.15, -0.1) is 0 Å². The number of hydrogen-bond acceptors (Lipinski definition) is 5. The van der Waals surface area contributed by atoms with Crippen LogP contribution in [0.25, 0.3) is 10.9 Å². The molecule has 1 aromatic heterocycles. The van der Waals surface area contributed by atoms with E-state index in [2.05, 4.69) is 19.1 Å². The lowest BCUT2D eigenvalue weighted by molar-refractivity contribution is -0.135. The summed E-state index contributed by atoms with van der Waals surface area (Å²) in [4.78, 5) is 44.6. The van der Waals surface area contributed by atoms with Gasteiger partial charge in [-0.05, 0) is 93.3 Å². The van der Waals surface area contributed by atoms with Crippen LogP contribution in [0.5, 0.6) is 5.75 Å². The minimum Gasteiger partial charge on any atom is -0.497 e. The van der Waals surface area contributed by atoms with Crippen LogP contribution < -0.4 is 4.74 Å². The second-order valence-corrected chi connectivity index (χ2v) is 12.8. The molecule has 2 heterocycles. The molecule has 0 saturated carbocycles. The first-order valence-corrected chi connectivity index (χ1v) is 15.6. The zero-order chi connectivity index (χ0) is 32.5. The van der Waals surface area contributed by atoms with Crippen LogP contribution in [0.2, 0.25) is 5.02 Å². The summed E-state index contributed by atoms with van der Waals surface area (Å²) in [7, 11) is 1.59. The number of hydrogen-bond donors (Lipinski definition) is 0. The Morgan fingerprint density at radius 1 is 0.956 bits per heavy atom. The van der Waals surface area contributed by atoms with Crippen molar-refractivity contribution in [2.45, 2.75) is 59.1 Å². The SMILES string of the molecule is CCc1ccc(C2CN(C(=O)OC(C)(C)C)CCN2C(=O)Cc2c(C)n(C(=O)c3ccc(Cl)cc3)c3ccc(OC)cc23)cc1. The first kappa shape index (κ1) is 32.1. The lowest BCUT2D eigenvalue weighted by atomic mass is 9.98. The molecule has 45 heavy (non-hydrogen) atoms. The summed E-state index contributed by atoms with van der Waals surface area (Å²) >= 11 is 6.08. The van der Waals surface area contributed by atoms with Gasteiger partial charge in [0.1, 0.15) is 11.4 Å². The lowest BCUT2D eigenvalue weighted by Crippen LogP contribution is -2.53. The number of carbonyl (C=O) groups is 3. The Balaban J connectivity index is 1.51. The van der Waals surface area contributed by atoms with Gasteiger partial charge in [0.2, 0.25) is 5.91 Å². The highest BCUT2D eigenvalue weighted by Gasteiger charge is 2.36. The minimum absolute atomic E-state index is 0.0758. The standard InChI is InChI=1S/C36H40ClN3O5/c1-7-24-8-10-25(11-9-24)32-22-38(35(43)45-36(3,4)5)18-19-39(32)33(41)21-29-23(2)40(31-17-16-28(44-6)20-30(29)31)34(42)26-12-14-27(37)15-13-26/h8-17,20,32H,7,18-19,21-22H2,1-6H3. The molecule has 1 atom stereocenters. The summed E-state index contributed by atoms with van der Waals surface area (Å²) in [5.74, 6) is 0.331. The molecule has 5 rings (SSSR count). The lowest BCUT2D eigenvalue weighted by Gasteiger charge is -2.42. The summed E-state index contributed by atoms with van der Waals surface area (Å²) in [6.07, 6.45) is 0.586. The highest BCUT2D eigenvalue weighted by atomic mass is 35.5. The number of methoxy groups -OCH3 is 1. The molecule has 0 radical (unpaired) electrons. The summed E-state index contributed by atoms with van der Waals surface area (Å²) in [6.45, 7) is 10.5. The predicted molar refractivity (Wildman–Crippen MR) is 176 cm³/mol. The van der Waals surface area contributed by atoms with Gasteiger partial charge in [0.15, 0.2) is 0 Å². The Bertz CT molecular complexity index is 1720. The number of amides is 2. The van der Waals surface area contributed by atoms with Gasteiger partial charge in [0.25, 0.3) is 5.91 Å². The van der Waals surface area contributed by atoms with Gasteiger partial charge in [0.05, 0.1) is 25.1 Å². The quantitative estimate of drug-likeness (QED) is 0.225. The van der Waals surface area contributed by atoms with Crippen LogP contribution in [0, 0.1) is 6.92 Å². The minimum atomic E-state index is -0.626. The van der Waals surface area contributed by atoms with Crippen LogP contribution in [0.3, 0.4) is 0 Å². The van der Waals surface area contributed by atoms with Crippen molar-refractivity contribution in [2.24, 2.45) is 0 Å². The van der Waals surface area contributed by atoms with E-state index in [9.17, 15) is 14.4 Å². The van der Waals surface area contributed by atoms with Crippen LogP contribution in [0.15, 0.2) is 66.7 Å². The van der Waals surface area contributed by atoms with Crippen molar-refractivity contribution >= 4 is 40.4 Å². The van der Waals surface area contributed by atoms with Crippen molar-refractivity contribution < 1.29 is 23.9 Å². The van der Waals surface area contributed by atoms with Gasteiger partial charge in [-0.1, -0.05) is 42.8 Å². The maximum atomic E-state index is 14.3. The van der Waals surface area contributed by atoms with Crippen LogP contribution in [-0.4, -0.2) is 64.6 Å². The Kier molecular flexibility index (Phi) is 9.26. The number of carbonyl (C=O) groups excluding carboxylic acids is 3. The number of ether oxygens (including phenoxy) is 2. The van der Waals surface area contributed by atoms with Gasteiger partial charge in [-0.25, -0.2) is 4.79 Å². The molecule has 4 aromatic rings. The molecule has 1 saturated heterocycles. The number of benzene rings is 3. The van der Waals surface area contributed by atoms with Crippen LogP contribution in [0.1, 0.15) is 66.5 Å². The summed E-state index contributed by atoms with van der Waals surface area (Å²) in [5.41, 5.74) is 4.14. The number of fused-ring (bicyclic) bond motifs is 1. The van der Waals surface area contributed by atoms with Crippen molar-refractivity contribution in [1.29, 1.82) is 0 Å². The first-order chi connectivity index (χ1) is 21.4. The van der Waals surface area contributed by atoms with Gasteiger partial charge in [0, 0.05) is 41.3 Å². The Labute approximate surface area is 269 Å². The zero-order valence-corrected chi connectivity index (χ0v) is 27.5. The predicted octanol–water partition coefficient (Wildman–Crippen LogP) is 7.23. The van der Waals surface area contributed by atoms with Crippen molar-refractivity contribution in [2.75, 3.05) is 26.7 Å². The average Bonchev–Trinajstić information content (AvgIpc) is 3.29. The summed E-state index contributed by atoms with van der Waals surface area (Å²) in [5, 5.41) is 1.32. The number of halogens is 1. The summed E-state index contributed by atoms with van der Waals surface area (Å²) < 4.78 is 12.8. The monoisotopic (exact) mass is 629 g/mol. The molecule has 8 nitrogen and oxygen atoms in total. The molecule has 0 N–H and O–H groups in total. The Hall–Kier alpha value is -4.30. The molecule has 0 aliphatic carbocycles. The molecular weight excluding hydrogens is 590 g/mol. The largest absolute Gasteiger partial charge is 0.497 e. The van der Waals surface area contributed by atoms with Crippen molar-refractivity contribution in [3.63, 3.8) is 0 Å². The number of aromatic nitrogens is 1. The number of rotatable bonds is 6. The molecule has 3 aromatic carbocycles. The third-order valence-electron chi connectivity index (χ3n) is 8.29. The van der Waals surface area contributed by atoms with E-state index in [1.807, 2.05) is 62.9 Å². The number of piperazine rings is 1. The molecule has 0 bridgehead atoms. The molecule has 9 heteroatoms. The second kappa shape index (κ2) is 13.0. The number of nitrogens with zero attached hydrogens (tertiary/aromatic N) is 3. The topological polar surface area (TPSA) is 81.1 Å². The fourth-order valence-corrected chi connectivity index (χ4v) is 6.01. The van der Waals surface area contributed by atoms with Crippen molar-refractivity contribution in [3.8, 4) is 5.75 Å². The van der Waals surface area contributed by atoms with Gasteiger partial charge >= 0.3 is 6.09 Å². The molecule has 236 valence electrons. The van der Waals surface area contributed by atoms with Gasteiger partial charge < -0.3 is 19.3 Å². The highest BCUT2D eigenvalue weighted by molar-refractivity contribution is 6.30. The van der Waals surface area contributed by atoms with E-state index in [0.717, 1.165) is 22.9 Å². The van der Waals surface area contributed by atoms with E-state index in [1.54, 1.807) is 40.8 Å². The van der Waals surface area contributed by atoms with Gasteiger partial charge in [-0.3, -0.25) is 14.2 Å². The highest BCUT2D eigenvalue weighted by Crippen LogP contribution is 2.33. The molecule has 1 unspecified atom stereocenters. The smallest absolute Gasteiger partial charge is 0.410 e. The molecule has 0 spiro atoms. The first-order valence-electron chi connectivity index (χ1n) is 15.2. The average molecular weight is 630 g/mol. The normalized spacial score (nSPS) is 15.3. The maximum Gasteiger partial charge on any atom is 0.410 e. The fourth-order valence-electron chi connectivity index (χ4n) is 5.88. The van der Waals surface area contributed by atoms with E-state index >= 15 is 0 Å². The van der Waals surface area contributed by atoms with Crippen LogP contribution in [0.4, 0.5) is 4.79 Å². The van der Waals surface area contributed by atoms with Crippen LogP contribution in [-0.2, 0) is 22.4 Å². The van der Waals surface area contributed by atoms with E-state index in [1.165, 1.54) is 5.56 Å². The van der Waals surface area contributed by atoms with Crippen LogP contribution >= 0.6 is 11.6 Å². The zero-order valence-electron chi connectivity index (χ0n) is 26.7. The van der Waals surface area contributed by atoms with E-state index in [-0.39, 0.29) is 24.3 Å². The molecule has 1 aliphatic heterocycles. The van der Waals surface area contributed by atoms with E-state index in [4.69, 9.17) is 21.1 Å². The molecule has 2 amide bonds. The molecular formula is C36H40ClN3O5. The molecule has 1 aliphatic rings. The Morgan fingerprint density at radius 3 is 2.27 bits per heavy atom. The van der Waals surface area contributed by atoms with E-state index in [0.29, 0.717) is 47.2 Å².